The number of hydrogen-bond acceptors (Lipinski definition) is 6. The van der Waals surface area contributed by atoms with Crippen molar-refractivity contribution in [1.29, 1.82) is 0 Å². The fourth-order valence-electron chi connectivity index (χ4n) is 2.61. The van der Waals surface area contributed by atoms with E-state index in [0.717, 1.165) is 12.8 Å². The van der Waals surface area contributed by atoms with E-state index in [1.54, 1.807) is 36.4 Å². The van der Waals surface area contributed by atoms with Crippen LogP contribution in [0.15, 0.2) is 60.9 Å². The zero-order chi connectivity index (χ0) is 18.6. The molecule has 27 heavy (non-hydrogen) atoms. The second-order valence-electron chi connectivity index (χ2n) is 6.28. The summed E-state index contributed by atoms with van der Waals surface area (Å²) in [6, 6.07) is 15.8. The standard InChI is InChI=1S/C19H17N5O3/c25-18(21-15-8-9-15)17(13-4-2-1-3-5-13)27-19(26)14-6-10-16(11-7-14)24-12-20-22-23-24/h1-7,10-12,15,17H,8-9H2,(H,21,25)/t17-/m0/s1. The summed E-state index contributed by atoms with van der Waals surface area (Å²) in [5.41, 5.74) is 1.68. The number of aromatic nitrogens is 4. The van der Waals surface area contributed by atoms with Gasteiger partial charge < -0.3 is 10.1 Å². The predicted octanol–water partition coefficient (Wildman–Crippen LogP) is 1.84. The molecule has 8 heteroatoms. The zero-order valence-electron chi connectivity index (χ0n) is 14.4. The highest BCUT2D eigenvalue weighted by molar-refractivity contribution is 5.93. The molecular weight excluding hydrogens is 346 g/mol. The van der Waals surface area contributed by atoms with Gasteiger partial charge in [0.25, 0.3) is 5.91 Å². The molecule has 0 bridgehead atoms. The van der Waals surface area contributed by atoms with Crippen molar-refractivity contribution in [2.45, 2.75) is 25.0 Å². The van der Waals surface area contributed by atoms with Crippen molar-refractivity contribution in [2.75, 3.05) is 0 Å². The number of carbonyl (C=O) groups excluding carboxylic acids is 2. The minimum atomic E-state index is -0.988. The average molecular weight is 363 g/mol. The van der Waals surface area contributed by atoms with Crippen LogP contribution in [0.4, 0.5) is 0 Å². The Labute approximate surface area is 155 Å². The third kappa shape index (κ3) is 4.00. The molecule has 2 aromatic carbocycles. The van der Waals surface area contributed by atoms with Gasteiger partial charge in [0.05, 0.1) is 11.3 Å². The van der Waals surface area contributed by atoms with E-state index in [4.69, 9.17) is 4.74 Å². The third-order valence-electron chi connectivity index (χ3n) is 4.21. The third-order valence-corrected chi connectivity index (χ3v) is 4.21. The normalized spacial score (nSPS) is 14.4. The lowest BCUT2D eigenvalue weighted by molar-refractivity contribution is -0.130. The van der Waals surface area contributed by atoms with Crippen LogP contribution >= 0.6 is 0 Å². The van der Waals surface area contributed by atoms with Crippen LogP contribution in [0.25, 0.3) is 5.69 Å². The maximum absolute atomic E-state index is 12.6. The van der Waals surface area contributed by atoms with Crippen molar-refractivity contribution >= 4 is 11.9 Å². The van der Waals surface area contributed by atoms with Crippen LogP contribution in [0, 0.1) is 0 Å². The number of nitrogens with one attached hydrogen (secondary N) is 1. The first kappa shape index (κ1) is 16.9. The molecule has 0 aliphatic heterocycles. The van der Waals surface area contributed by atoms with Gasteiger partial charge in [0.1, 0.15) is 6.33 Å². The maximum atomic E-state index is 12.6. The number of benzene rings is 2. The van der Waals surface area contributed by atoms with Crippen LogP contribution in [0.5, 0.6) is 0 Å². The molecule has 3 aromatic rings. The second kappa shape index (κ2) is 7.36. The highest BCUT2D eigenvalue weighted by atomic mass is 16.5. The maximum Gasteiger partial charge on any atom is 0.339 e. The largest absolute Gasteiger partial charge is 0.444 e. The van der Waals surface area contributed by atoms with Crippen LogP contribution in [-0.2, 0) is 9.53 Å². The first-order chi connectivity index (χ1) is 13.2. The molecule has 1 aliphatic rings. The molecule has 136 valence electrons. The fraction of sp³-hybridized carbons (Fsp3) is 0.211. The van der Waals surface area contributed by atoms with E-state index in [1.165, 1.54) is 11.0 Å². The van der Waals surface area contributed by atoms with Gasteiger partial charge in [-0.05, 0) is 47.5 Å². The lowest BCUT2D eigenvalue weighted by Gasteiger charge is -2.18. The first-order valence-electron chi connectivity index (χ1n) is 8.60. The summed E-state index contributed by atoms with van der Waals surface area (Å²) in [5, 5.41) is 13.8. The number of nitrogens with zero attached hydrogens (tertiary/aromatic N) is 4. The summed E-state index contributed by atoms with van der Waals surface area (Å²) in [5.74, 6) is -0.875. The van der Waals surface area contributed by atoms with Gasteiger partial charge in [-0.1, -0.05) is 30.3 Å². The van der Waals surface area contributed by atoms with Gasteiger partial charge in [-0.25, -0.2) is 9.48 Å². The monoisotopic (exact) mass is 363 g/mol. The van der Waals surface area contributed by atoms with Crippen molar-refractivity contribution in [3.63, 3.8) is 0 Å². The average Bonchev–Trinajstić information content (AvgIpc) is 3.35. The Morgan fingerprint density at radius 3 is 2.44 bits per heavy atom. The van der Waals surface area contributed by atoms with Gasteiger partial charge in [0, 0.05) is 11.6 Å². The van der Waals surface area contributed by atoms with Crippen LogP contribution in [0.2, 0.25) is 0 Å². The molecule has 1 atom stereocenters. The molecule has 0 radical (unpaired) electrons. The molecular formula is C19H17N5O3. The molecule has 1 heterocycles. The second-order valence-corrected chi connectivity index (χ2v) is 6.28. The van der Waals surface area contributed by atoms with Crippen molar-refractivity contribution in [3.05, 3.63) is 72.1 Å². The van der Waals surface area contributed by atoms with Gasteiger partial charge in [0.2, 0.25) is 6.10 Å². The molecule has 0 spiro atoms. The van der Waals surface area contributed by atoms with E-state index < -0.39 is 12.1 Å². The van der Waals surface area contributed by atoms with Gasteiger partial charge >= 0.3 is 5.97 Å². The molecule has 1 N–H and O–H groups in total. The summed E-state index contributed by atoms with van der Waals surface area (Å²) in [4.78, 5) is 25.1. The Balaban J connectivity index is 1.51. The van der Waals surface area contributed by atoms with Crippen molar-refractivity contribution in [2.24, 2.45) is 0 Å². The number of rotatable bonds is 6. The Kier molecular flexibility index (Phi) is 4.61. The molecule has 1 fully saturated rings. The molecule has 1 aromatic heterocycles. The Bertz CT molecular complexity index is 922. The SMILES string of the molecule is O=C(O[C@H](C(=O)NC1CC1)c1ccccc1)c1ccc(-n2cnnn2)cc1. The number of carbonyl (C=O) groups is 2. The molecule has 0 unspecified atom stereocenters. The molecule has 1 aliphatic carbocycles. The minimum Gasteiger partial charge on any atom is -0.444 e. The summed E-state index contributed by atoms with van der Waals surface area (Å²) in [6.07, 6.45) is 2.39. The zero-order valence-corrected chi connectivity index (χ0v) is 14.4. The smallest absolute Gasteiger partial charge is 0.339 e. The molecule has 1 amide bonds. The van der Waals surface area contributed by atoms with Crippen molar-refractivity contribution < 1.29 is 14.3 Å². The summed E-state index contributed by atoms with van der Waals surface area (Å²) < 4.78 is 7.02. The predicted molar refractivity (Wildman–Crippen MR) is 94.9 cm³/mol. The highest BCUT2D eigenvalue weighted by Crippen LogP contribution is 2.24. The van der Waals surface area contributed by atoms with Gasteiger partial charge in [-0.3, -0.25) is 4.79 Å². The van der Waals surface area contributed by atoms with E-state index in [-0.39, 0.29) is 11.9 Å². The van der Waals surface area contributed by atoms with E-state index in [2.05, 4.69) is 20.8 Å². The molecule has 1 saturated carbocycles. The summed E-state index contributed by atoms with van der Waals surface area (Å²) in [7, 11) is 0. The fourth-order valence-corrected chi connectivity index (χ4v) is 2.61. The Morgan fingerprint density at radius 2 is 1.81 bits per heavy atom. The number of ether oxygens (including phenoxy) is 1. The first-order valence-corrected chi connectivity index (χ1v) is 8.60. The lowest BCUT2D eigenvalue weighted by Crippen LogP contribution is -2.33. The van der Waals surface area contributed by atoms with Crippen LogP contribution in [-0.4, -0.2) is 38.1 Å². The van der Waals surface area contributed by atoms with Crippen LogP contribution < -0.4 is 5.32 Å². The van der Waals surface area contributed by atoms with Crippen LogP contribution in [0.1, 0.15) is 34.9 Å². The van der Waals surface area contributed by atoms with E-state index in [1.807, 2.05) is 18.2 Å². The van der Waals surface area contributed by atoms with Gasteiger partial charge in [-0.15, -0.1) is 5.10 Å². The number of tetrazole rings is 1. The topological polar surface area (TPSA) is 99.0 Å². The van der Waals surface area contributed by atoms with Crippen LogP contribution in [0.3, 0.4) is 0 Å². The Morgan fingerprint density at radius 1 is 1.07 bits per heavy atom. The highest BCUT2D eigenvalue weighted by Gasteiger charge is 2.31. The Hall–Kier alpha value is -3.55. The van der Waals surface area contributed by atoms with E-state index in [9.17, 15) is 9.59 Å². The number of amides is 1. The molecule has 4 rings (SSSR count). The van der Waals surface area contributed by atoms with Crippen molar-refractivity contribution in [3.8, 4) is 5.69 Å². The molecule has 8 nitrogen and oxygen atoms in total. The van der Waals surface area contributed by atoms with Gasteiger partial charge in [-0.2, -0.15) is 0 Å². The van der Waals surface area contributed by atoms with E-state index >= 15 is 0 Å². The lowest BCUT2D eigenvalue weighted by atomic mass is 10.1. The van der Waals surface area contributed by atoms with Gasteiger partial charge in [0.15, 0.2) is 0 Å². The molecule has 0 saturated heterocycles. The van der Waals surface area contributed by atoms with Crippen molar-refractivity contribution in [1.82, 2.24) is 25.5 Å². The van der Waals surface area contributed by atoms with E-state index in [0.29, 0.717) is 16.8 Å². The summed E-state index contributed by atoms with van der Waals surface area (Å²) >= 11 is 0. The quantitative estimate of drug-likeness (QED) is 0.671. The number of esters is 1. The number of hydrogen-bond donors (Lipinski definition) is 1. The minimum absolute atomic E-state index is 0.179. The summed E-state index contributed by atoms with van der Waals surface area (Å²) in [6.45, 7) is 0.